The van der Waals surface area contributed by atoms with Crippen LogP contribution >= 0.6 is 23.2 Å². The SMILES string of the molecule is CN1CCN(CCC2CCN(c3ncc(Cl)cc3NC(=O)c3cccc(Cl)c3)CC2)CC1. The Morgan fingerprint density at radius 1 is 1.06 bits per heavy atom. The molecular weight excluding hydrogens is 445 g/mol. The third-order valence-corrected chi connectivity index (χ3v) is 6.97. The van der Waals surface area contributed by atoms with Crippen molar-refractivity contribution in [1.29, 1.82) is 0 Å². The number of halogens is 2. The zero-order chi connectivity index (χ0) is 22.5. The lowest BCUT2D eigenvalue weighted by atomic mass is 9.93. The van der Waals surface area contributed by atoms with E-state index >= 15 is 0 Å². The van der Waals surface area contributed by atoms with Gasteiger partial charge in [-0.1, -0.05) is 29.3 Å². The number of nitrogens with zero attached hydrogens (tertiary/aromatic N) is 4. The van der Waals surface area contributed by atoms with Crippen molar-refractivity contribution in [3.05, 3.63) is 52.1 Å². The van der Waals surface area contributed by atoms with Crippen LogP contribution in [0.5, 0.6) is 0 Å². The molecule has 1 aromatic carbocycles. The fourth-order valence-corrected chi connectivity index (χ4v) is 4.82. The maximum absolute atomic E-state index is 12.8. The predicted molar refractivity (Wildman–Crippen MR) is 132 cm³/mol. The van der Waals surface area contributed by atoms with Gasteiger partial charge in [-0.3, -0.25) is 4.79 Å². The molecule has 0 bridgehead atoms. The quantitative estimate of drug-likeness (QED) is 0.666. The van der Waals surface area contributed by atoms with E-state index < -0.39 is 0 Å². The molecule has 2 aromatic rings. The summed E-state index contributed by atoms with van der Waals surface area (Å²) in [6.45, 7) is 7.76. The molecule has 0 radical (unpaired) electrons. The Morgan fingerprint density at radius 2 is 1.81 bits per heavy atom. The second kappa shape index (κ2) is 10.8. The molecule has 172 valence electrons. The summed E-state index contributed by atoms with van der Waals surface area (Å²) in [5, 5.41) is 4.00. The number of hydrogen-bond acceptors (Lipinski definition) is 5. The van der Waals surface area contributed by atoms with E-state index in [1.165, 1.54) is 39.1 Å². The van der Waals surface area contributed by atoms with Gasteiger partial charge in [-0.15, -0.1) is 0 Å². The minimum absolute atomic E-state index is 0.222. The van der Waals surface area contributed by atoms with Crippen molar-refractivity contribution in [2.75, 3.05) is 63.1 Å². The Hall–Kier alpha value is -1.86. The van der Waals surface area contributed by atoms with Crippen LogP contribution in [0.15, 0.2) is 36.5 Å². The summed E-state index contributed by atoms with van der Waals surface area (Å²) in [4.78, 5) is 24.6. The molecule has 1 aromatic heterocycles. The molecule has 32 heavy (non-hydrogen) atoms. The fraction of sp³-hybridized carbons (Fsp3) is 0.500. The van der Waals surface area contributed by atoms with Crippen LogP contribution in [0.4, 0.5) is 11.5 Å². The second-order valence-corrected chi connectivity index (χ2v) is 9.73. The van der Waals surface area contributed by atoms with Crippen LogP contribution < -0.4 is 10.2 Å². The molecule has 2 aliphatic rings. The number of amides is 1. The van der Waals surface area contributed by atoms with Crippen LogP contribution in [-0.4, -0.2) is 73.6 Å². The van der Waals surface area contributed by atoms with Crippen LogP contribution in [0.25, 0.3) is 0 Å². The summed E-state index contributed by atoms with van der Waals surface area (Å²) >= 11 is 12.2. The van der Waals surface area contributed by atoms with Crippen LogP contribution in [0, 0.1) is 5.92 Å². The van der Waals surface area contributed by atoms with Gasteiger partial charge in [0.05, 0.1) is 10.7 Å². The number of aromatic nitrogens is 1. The molecule has 0 spiro atoms. The van der Waals surface area contributed by atoms with Crippen molar-refractivity contribution in [2.45, 2.75) is 19.3 Å². The zero-order valence-electron chi connectivity index (χ0n) is 18.6. The second-order valence-electron chi connectivity index (χ2n) is 8.85. The fourth-order valence-electron chi connectivity index (χ4n) is 4.47. The van der Waals surface area contributed by atoms with Crippen molar-refractivity contribution in [3.8, 4) is 0 Å². The van der Waals surface area contributed by atoms with E-state index in [0.717, 1.165) is 37.7 Å². The highest BCUT2D eigenvalue weighted by molar-refractivity contribution is 6.31. The van der Waals surface area contributed by atoms with Crippen LogP contribution in [-0.2, 0) is 0 Å². The third kappa shape index (κ3) is 6.13. The van der Waals surface area contributed by atoms with Gasteiger partial charge in [-0.25, -0.2) is 4.98 Å². The Balaban J connectivity index is 1.34. The molecule has 2 fully saturated rings. The molecule has 0 atom stereocenters. The molecule has 8 heteroatoms. The lowest BCUT2D eigenvalue weighted by Gasteiger charge is -2.36. The number of hydrogen-bond donors (Lipinski definition) is 1. The smallest absolute Gasteiger partial charge is 0.255 e. The Morgan fingerprint density at radius 3 is 2.53 bits per heavy atom. The number of nitrogens with one attached hydrogen (secondary N) is 1. The van der Waals surface area contributed by atoms with E-state index in [2.05, 4.69) is 32.0 Å². The van der Waals surface area contributed by atoms with Crippen molar-refractivity contribution >= 4 is 40.6 Å². The summed E-state index contributed by atoms with van der Waals surface area (Å²) < 4.78 is 0. The normalized spacial score (nSPS) is 18.7. The van der Waals surface area contributed by atoms with Gasteiger partial charge in [0.15, 0.2) is 5.82 Å². The molecular formula is C24H31Cl2N5O. The maximum Gasteiger partial charge on any atom is 0.255 e. The maximum atomic E-state index is 12.8. The monoisotopic (exact) mass is 475 g/mol. The average molecular weight is 476 g/mol. The number of benzene rings is 1. The van der Waals surface area contributed by atoms with Gasteiger partial charge in [0.1, 0.15) is 0 Å². The first-order valence-electron chi connectivity index (χ1n) is 11.4. The van der Waals surface area contributed by atoms with Crippen molar-refractivity contribution < 1.29 is 4.79 Å². The van der Waals surface area contributed by atoms with Gasteiger partial charge in [0, 0.05) is 56.1 Å². The third-order valence-electron chi connectivity index (χ3n) is 6.53. The van der Waals surface area contributed by atoms with E-state index in [4.69, 9.17) is 23.2 Å². The Kier molecular flexibility index (Phi) is 7.89. The van der Waals surface area contributed by atoms with Gasteiger partial charge < -0.3 is 20.0 Å². The highest BCUT2D eigenvalue weighted by atomic mass is 35.5. The van der Waals surface area contributed by atoms with Crippen molar-refractivity contribution in [3.63, 3.8) is 0 Å². The number of pyridine rings is 1. The van der Waals surface area contributed by atoms with Gasteiger partial charge in [0.2, 0.25) is 0 Å². The Bertz CT molecular complexity index is 924. The largest absolute Gasteiger partial charge is 0.355 e. The molecule has 2 saturated heterocycles. The summed E-state index contributed by atoms with van der Waals surface area (Å²) in [5.74, 6) is 1.30. The number of anilines is 2. The molecule has 0 saturated carbocycles. The molecule has 4 rings (SSSR count). The summed E-state index contributed by atoms with van der Waals surface area (Å²) in [6, 6.07) is 8.68. The standard InChI is InChI=1S/C24H31Cl2N5O/c1-29-11-13-30(14-12-29)8-5-18-6-9-31(10-7-18)23-22(16-21(26)17-27-23)28-24(32)19-3-2-4-20(25)15-19/h2-4,15-18H,5-14H2,1H3,(H,28,32). The first kappa shape index (κ1) is 23.3. The first-order valence-corrected chi connectivity index (χ1v) is 12.1. The van der Waals surface area contributed by atoms with Gasteiger partial charge in [-0.2, -0.15) is 0 Å². The van der Waals surface area contributed by atoms with E-state index in [-0.39, 0.29) is 5.91 Å². The highest BCUT2D eigenvalue weighted by Crippen LogP contribution is 2.31. The van der Waals surface area contributed by atoms with Crippen molar-refractivity contribution in [1.82, 2.24) is 14.8 Å². The van der Waals surface area contributed by atoms with Crippen LogP contribution in [0.2, 0.25) is 10.0 Å². The van der Waals surface area contributed by atoms with E-state index in [1.807, 2.05) is 0 Å². The van der Waals surface area contributed by atoms with Gasteiger partial charge >= 0.3 is 0 Å². The number of carbonyl (C=O) groups is 1. The summed E-state index contributed by atoms with van der Waals surface area (Å²) in [7, 11) is 2.20. The molecule has 1 N–H and O–H groups in total. The van der Waals surface area contributed by atoms with Gasteiger partial charge in [-0.05, 0) is 63.0 Å². The van der Waals surface area contributed by atoms with Crippen molar-refractivity contribution in [2.24, 2.45) is 5.92 Å². The molecule has 0 unspecified atom stereocenters. The lowest BCUT2D eigenvalue weighted by Crippen LogP contribution is -2.45. The Labute approximate surface area is 200 Å². The number of rotatable bonds is 6. The topological polar surface area (TPSA) is 51.7 Å². The predicted octanol–water partition coefficient (Wildman–Crippen LogP) is 4.49. The highest BCUT2D eigenvalue weighted by Gasteiger charge is 2.24. The number of likely N-dealkylation sites (N-methyl/N-ethyl adjacent to an activating group) is 1. The number of carbonyl (C=O) groups excluding carboxylic acids is 1. The average Bonchev–Trinajstić information content (AvgIpc) is 2.79. The summed E-state index contributed by atoms with van der Waals surface area (Å²) in [5.41, 5.74) is 1.14. The van der Waals surface area contributed by atoms with E-state index in [9.17, 15) is 4.79 Å². The molecule has 1 amide bonds. The van der Waals surface area contributed by atoms with Crippen LogP contribution in [0.3, 0.4) is 0 Å². The van der Waals surface area contributed by atoms with Gasteiger partial charge in [0.25, 0.3) is 5.91 Å². The molecule has 0 aliphatic carbocycles. The number of piperazine rings is 1. The van der Waals surface area contributed by atoms with E-state index in [1.54, 1.807) is 36.5 Å². The minimum atomic E-state index is -0.222. The minimum Gasteiger partial charge on any atom is -0.355 e. The molecule has 6 nitrogen and oxygen atoms in total. The number of piperidine rings is 1. The first-order chi connectivity index (χ1) is 15.5. The lowest BCUT2D eigenvalue weighted by molar-refractivity contribution is 0.102. The van der Waals surface area contributed by atoms with Crippen LogP contribution in [0.1, 0.15) is 29.6 Å². The summed E-state index contributed by atoms with van der Waals surface area (Å²) in [6.07, 6.45) is 5.18. The van der Waals surface area contributed by atoms with E-state index in [0.29, 0.717) is 21.3 Å². The molecule has 3 heterocycles. The molecule has 2 aliphatic heterocycles. The zero-order valence-corrected chi connectivity index (χ0v) is 20.1.